The third-order valence-electron chi connectivity index (χ3n) is 5.17. The maximum absolute atomic E-state index is 12.1. The Kier molecular flexibility index (Phi) is 5.10. The number of amides is 1. The fraction of sp³-hybridized carbons (Fsp3) is 0.364. The molecule has 2 aromatic rings. The Morgan fingerprint density at radius 3 is 2.48 bits per heavy atom. The molecule has 1 atom stereocenters. The lowest BCUT2D eigenvalue weighted by Gasteiger charge is -2.24. The summed E-state index contributed by atoms with van der Waals surface area (Å²) in [6.45, 7) is 3.90. The van der Waals surface area contributed by atoms with Gasteiger partial charge in [-0.3, -0.25) is 9.80 Å². The van der Waals surface area contributed by atoms with Crippen LogP contribution in [0.4, 0.5) is 5.69 Å². The number of hydrogen-bond donors (Lipinski definition) is 0. The highest BCUT2D eigenvalue weighted by Gasteiger charge is 2.27. The number of carbonyl (C=O) groups is 1. The fourth-order valence-corrected chi connectivity index (χ4v) is 3.73. The maximum atomic E-state index is 12.1. The highest BCUT2D eigenvalue weighted by molar-refractivity contribution is 5.86. The molecule has 27 heavy (non-hydrogen) atoms. The molecular weight excluding hydrogens is 338 g/mol. The molecule has 0 bridgehead atoms. The fourth-order valence-electron chi connectivity index (χ4n) is 3.73. The molecule has 0 aliphatic carbocycles. The minimum absolute atomic E-state index is 0.0756. The van der Waals surface area contributed by atoms with Crippen molar-refractivity contribution in [3.05, 3.63) is 60.2 Å². The zero-order valence-corrected chi connectivity index (χ0v) is 15.7. The largest absolute Gasteiger partial charge is 0.484 e. The molecule has 0 N–H and O–H groups in total. The van der Waals surface area contributed by atoms with Gasteiger partial charge in [-0.15, -0.1) is 0 Å². The lowest BCUT2D eigenvalue weighted by molar-refractivity contribution is -0.132. The van der Waals surface area contributed by atoms with Gasteiger partial charge in [-0.05, 0) is 49.6 Å². The number of anilines is 1. The maximum Gasteiger partial charge on any atom is 0.260 e. The summed E-state index contributed by atoms with van der Waals surface area (Å²) in [4.78, 5) is 14.0. The average Bonchev–Trinajstić information content (AvgIpc) is 3.37. The molecule has 5 heteroatoms. The van der Waals surface area contributed by atoms with Gasteiger partial charge in [0.1, 0.15) is 5.75 Å². The Morgan fingerprint density at radius 1 is 1.07 bits per heavy atom. The van der Waals surface area contributed by atoms with Crippen LogP contribution in [0.2, 0.25) is 0 Å². The number of nitrogens with zero attached hydrogens (tertiary/aromatic N) is 3. The van der Waals surface area contributed by atoms with E-state index in [1.165, 1.54) is 5.56 Å². The van der Waals surface area contributed by atoms with E-state index in [1.807, 2.05) is 35.2 Å². The number of hydrazone groups is 1. The van der Waals surface area contributed by atoms with Gasteiger partial charge in [-0.1, -0.05) is 30.3 Å². The van der Waals surface area contributed by atoms with Crippen molar-refractivity contribution in [3.8, 4) is 5.75 Å². The molecule has 5 nitrogen and oxygen atoms in total. The Hall–Kier alpha value is -2.82. The lowest BCUT2D eigenvalue weighted by atomic mass is 10.0. The predicted molar refractivity (Wildman–Crippen MR) is 107 cm³/mol. The molecule has 2 aliphatic heterocycles. The zero-order chi connectivity index (χ0) is 18.6. The summed E-state index contributed by atoms with van der Waals surface area (Å²) in [5, 5.41) is 6.80. The zero-order valence-electron chi connectivity index (χ0n) is 15.7. The van der Waals surface area contributed by atoms with Crippen molar-refractivity contribution < 1.29 is 9.53 Å². The monoisotopic (exact) mass is 363 g/mol. The van der Waals surface area contributed by atoms with E-state index >= 15 is 0 Å². The number of carbonyl (C=O) groups excluding carboxylic acids is 1. The molecule has 0 spiro atoms. The molecular formula is C22H25N3O2. The van der Waals surface area contributed by atoms with Crippen LogP contribution in [-0.2, 0) is 4.79 Å². The van der Waals surface area contributed by atoms with Crippen molar-refractivity contribution >= 4 is 17.3 Å². The molecule has 0 saturated carbocycles. The smallest absolute Gasteiger partial charge is 0.260 e. The van der Waals surface area contributed by atoms with Crippen molar-refractivity contribution in [2.75, 3.05) is 24.7 Å². The van der Waals surface area contributed by atoms with Gasteiger partial charge >= 0.3 is 0 Å². The molecule has 1 saturated heterocycles. The summed E-state index contributed by atoms with van der Waals surface area (Å²) >= 11 is 0. The Labute approximate surface area is 160 Å². The van der Waals surface area contributed by atoms with Crippen LogP contribution in [0.3, 0.4) is 0 Å². The van der Waals surface area contributed by atoms with Crippen molar-refractivity contribution in [3.63, 3.8) is 0 Å². The second kappa shape index (κ2) is 7.82. The third-order valence-corrected chi connectivity index (χ3v) is 5.17. The molecule has 1 unspecified atom stereocenters. The molecule has 2 aromatic carbocycles. The van der Waals surface area contributed by atoms with E-state index in [2.05, 4.69) is 36.2 Å². The molecule has 1 fully saturated rings. The van der Waals surface area contributed by atoms with E-state index in [0.717, 1.165) is 49.5 Å². The van der Waals surface area contributed by atoms with Crippen LogP contribution in [0.5, 0.6) is 5.75 Å². The van der Waals surface area contributed by atoms with Crippen molar-refractivity contribution in [1.29, 1.82) is 0 Å². The highest BCUT2D eigenvalue weighted by Crippen LogP contribution is 2.35. The first-order valence-electron chi connectivity index (χ1n) is 9.59. The van der Waals surface area contributed by atoms with E-state index in [4.69, 9.17) is 9.84 Å². The van der Waals surface area contributed by atoms with Gasteiger partial charge in [-0.25, -0.2) is 0 Å². The standard InChI is InChI=1S/C22H25N3O2/c1-17-15-21(25(23-17)19-7-3-2-4-8-19)18-9-11-20(12-10-18)27-16-22(26)24-13-5-6-14-24/h2-4,7-12,21H,5-6,13-16H2,1H3. The van der Waals surface area contributed by atoms with Crippen LogP contribution in [0.15, 0.2) is 59.7 Å². The van der Waals surface area contributed by atoms with Gasteiger partial charge in [0.05, 0.1) is 11.7 Å². The minimum atomic E-state index is 0.0756. The Balaban J connectivity index is 1.41. The summed E-state index contributed by atoms with van der Waals surface area (Å²) < 4.78 is 5.70. The topological polar surface area (TPSA) is 45.1 Å². The number of benzene rings is 2. The number of para-hydroxylation sites is 1. The number of ether oxygens (including phenoxy) is 1. The molecule has 4 rings (SSSR count). The minimum Gasteiger partial charge on any atom is -0.484 e. The first-order chi connectivity index (χ1) is 13.2. The van der Waals surface area contributed by atoms with Crippen molar-refractivity contribution in [2.24, 2.45) is 5.10 Å². The van der Waals surface area contributed by atoms with Crippen molar-refractivity contribution in [2.45, 2.75) is 32.2 Å². The number of likely N-dealkylation sites (tertiary alicyclic amines) is 1. The second-order valence-electron chi connectivity index (χ2n) is 7.18. The molecule has 140 valence electrons. The Morgan fingerprint density at radius 2 is 1.78 bits per heavy atom. The summed E-state index contributed by atoms with van der Waals surface area (Å²) in [5.41, 5.74) is 3.41. The second-order valence-corrected chi connectivity index (χ2v) is 7.18. The van der Waals surface area contributed by atoms with Gasteiger partial charge < -0.3 is 9.64 Å². The first-order valence-corrected chi connectivity index (χ1v) is 9.59. The van der Waals surface area contributed by atoms with E-state index < -0.39 is 0 Å². The van der Waals surface area contributed by atoms with E-state index in [9.17, 15) is 4.79 Å². The molecule has 0 aromatic heterocycles. The molecule has 2 heterocycles. The van der Waals surface area contributed by atoms with E-state index in [1.54, 1.807) is 0 Å². The number of hydrogen-bond acceptors (Lipinski definition) is 4. The molecule has 0 radical (unpaired) electrons. The lowest BCUT2D eigenvalue weighted by Crippen LogP contribution is -2.32. The van der Waals surface area contributed by atoms with Gasteiger partial charge in [-0.2, -0.15) is 5.10 Å². The van der Waals surface area contributed by atoms with Crippen LogP contribution < -0.4 is 9.75 Å². The van der Waals surface area contributed by atoms with Gasteiger partial charge in [0.15, 0.2) is 6.61 Å². The quantitative estimate of drug-likeness (QED) is 0.806. The predicted octanol–water partition coefficient (Wildman–Crippen LogP) is 4.02. The molecule has 2 aliphatic rings. The van der Waals surface area contributed by atoms with Crippen LogP contribution >= 0.6 is 0 Å². The van der Waals surface area contributed by atoms with Crippen molar-refractivity contribution in [1.82, 2.24) is 4.90 Å². The summed E-state index contributed by atoms with van der Waals surface area (Å²) in [7, 11) is 0. The van der Waals surface area contributed by atoms with Gasteiger partial charge in [0.2, 0.25) is 0 Å². The van der Waals surface area contributed by atoms with Gasteiger partial charge in [0.25, 0.3) is 5.91 Å². The average molecular weight is 363 g/mol. The SMILES string of the molecule is CC1=NN(c2ccccc2)C(c2ccc(OCC(=O)N3CCCC3)cc2)C1. The van der Waals surface area contributed by atoms with E-state index in [-0.39, 0.29) is 18.6 Å². The van der Waals surface area contributed by atoms with Crippen LogP contribution in [-0.4, -0.2) is 36.2 Å². The normalized spacial score (nSPS) is 19.3. The Bertz CT molecular complexity index is 811. The van der Waals surface area contributed by atoms with E-state index in [0.29, 0.717) is 0 Å². The first kappa shape index (κ1) is 17.6. The third kappa shape index (κ3) is 3.97. The number of rotatable bonds is 5. The highest BCUT2D eigenvalue weighted by atomic mass is 16.5. The summed E-state index contributed by atoms with van der Waals surface area (Å²) in [5.74, 6) is 0.805. The summed E-state index contributed by atoms with van der Waals surface area (Å²) in [6.07, 6.45) is 3.10. The summed E-state index contributed by atoms with van der Waals surface area (Å²) in [6, 6.07) is 18.5. The molecule has 1 amide bonds. The van der Waals surface area contributed by atoms with Crippen LogP contribution in [0, 0.1) is 0 Å². The van der Waals surface area contributed by atoms with Gasteiger partial charge in [0, 0.05) is 25.2 Å². The van der Waals surface area contributed by atoms with Crippen LogP contribution in [0.1, 0.15) is 37.8 Å². The van der Waals surface area contributed by atoms with Crippen LogP contribution in [0.25, 0.3) is 0 Å².